The van der Waals surface area contributed by atoms with Gasteiger partial charge in [-0.3, -0.25) is 14.4 Å². The summed E-state index contributed by atoms with van der Waals surface area (Å²) in [6.45, 7) is 1.66. The van der Waals surface area contributed by atoms with Crippen LogP contribution in [0.3, 0.4) is 0 Å². The first kappa shape index (κ1) is 17.4. The van der Waals surface area contributed by atoms with Gasteiger partial charge in [-0.1, -0.05) is 11.6 Å². The number of carboxylic acid groups (broad SMARTS) is 1. The smallest absolute Gasteiger partial charge is 0.307 e. The molecule has 3 rings (SSSR count). The van der Waals surface area contributed by atoms with Crippen molar-refractivity contribution in [1.82, 2.24) is 4.90 Å². The number of Topliss-reactive ketones (excluding diaryl/α,β-unsaturated/α-hetero) is 1. The molecule has 128 valence electrons. The van der Waals surface area contributed by atoms with E-state index in [-0.39, 0.29) is 29.6 Å². The first-order valence-corrected chi connectivity index (χ1v) is 8.78. The molecule has 1 amide bonds. The predicted octanol–water partition coefficient (Wildman–Crippen LogP) is 3.05. The topological polar surface area (TPSA) is 98.5 Å². The van der Waals surface area contributed by atoms with Gasteiger partial charge in [-0.2, -0.15) is 5.26 Å². The van der Waals surface area contributed by atoms with Crippen molar-refractivity contribution in [3.63, 3.8) is 0 Å². The third-order valence-corrected chi connectivity index (χ3v) is 5.65. The SMILES string of the molecule is CC1=C(CC(=O)O)C2=C(Cl)C(=O)CCC2N1C(=O)c1csc(C#N)c1. The van der Waals surface area contributed by atoms with Crippen LogP contribution in [0.2, 0.25) is 0 Å². The molecule has 1 aromatic heterocycles. The van der Waals surface area contributed by atoms with E-state index in [0.29, 0.717) is 33.7 Å². The minimum absolute atomic E-state index is 0.0187. The van der Waals surface area contributed by atoms with Gasteiger partial charge >= 0.3 is 5.97 Å². The van der Waals surface area contributed by atoms with E-state index in [0.717, 1.165) is 0 Å². The molecule has 0 bridgehead atoms. The second kappa shape index (κ2) is 6.47. The predicted molar refractivity (Wildman–Crippen MR) is 91.1 cm³/mol. The summed E-state index contributed by atoms with van der Waals surface area (Å²) in [5.41, 5.74) is 1.72. The number of hydrogen-bond acceptors (Lipinski definition) is 5. The zero-order chi connectivity index (χ0) is 18.3. The number of ketones is 1. The highest BCUT2D eigenvalue weighted by Gasteiger charge is 2.43. The minimum Gasteiger partial charge on any atom is -0.481 e. The summed E-state index contributed by atoms with van der Waals surface area (Å²) in [5.74, 6) is -1.61. The number of hydrogen-bond donors (Lipinski definition) is 1. The number of carbonyl (C=O) groups is 3. The summed E-state index contributed by atoms with van der Waals surface area (Å²) in [6, 6.07) is 3.05. The van der Waals surface area contributed by atoms with E-state index in [1.807, 2.05) is 6.07 Å². The highest BCUT2D eigenvalue weighted by Crippen LogP contribution is 2.44. The van der Waals surface area contributed by atoms with Gasteiger partial charge in [0.1, 0.15) is 10.9 Å². The fourth-order valence-electron chi connectivity index (χ4n) is 3.30. The van der Waals surface area contributed by atoms with E-state index in [1.54, 1.807) is 12.3 Å². The standard InChI is InChI=1S/C17H13ClN2O4S/c1-8-11(5-14(22)23)15-12(2-3-13(21)16(15)18)20(8)17(24)9-4-10(6-19)25-7-9/h4,7,12H,2-3,5H2,1H3,(H,22,23). The molecule has 1 N–H and O–H groups in total. The lowest BCUT2D eigenvalue weighted by Gasteiger charge is -2.29. The van der Waals surface area contributed by atoms with Crippen LogP contribution < -0.4 is 0 Å². The molecule has 6 nitrogen and oxygen atoms in total. The Hall–Kier alpha value is -2.43. The normalized spacial score (nSPS) is 20.0. The maximum atomic E-state index is 13.0. The van der Waals surface area contributed by atoms with Crippen molar-refractivity contribution < 1.29 is 19.5 Å². The van der Waals surface area contributed by atoms with Crippen molar-refractivity contribution in [2.45, 2.75) is 32.2 Å². The Kier molecular flexibility index (Phi) is 4.50. The highest BCUT2D eigenvalue weighted by atomic mass is 35.5. The van der Waals surface area contributed by atoms with Crippen LogP contribution in [0.4, 0.5) is 0 Å². The summed E-state index contributed by atoms with van der Waals surface area (Å²) in [4.78, 5) is 38.1. The van der Waals surface area contributed by atoms with E-state index in [4.69, 9.17) is 16.9 Å². The lowest BCUT2D eigenvalue weighted by Crippen LogP contribution is -2.38. The third kappa shape index (κ3) is 2.88. The van der Waals surface area contributed by atoms with Crippen molar-refractivity contribution >= 4 is 40.6 Å². The summed E-state index contributed by atoms with van der Waals surface area (Å²) in [5, 5.41) is 19.7. The maximum absolute atomic E-state index is 13.0. The molecule has 0 saturated heterocycles. The van der Waals surface area contributed by atoms with Crippen LogP contribution in [-0.4, -0.2) is 33.7 Å². The summed E-state index contributed by atoms with van der Waals surface area (Å²) >= 11 is 7.35. The molecule has 0 fully saturated rings. The largest absolute Gasteiger partial charge is 0.481 e. The third-order valence-electron chi connectivity index (χ3n) is 4.40. The Labute approximate surface area is 152 Å². The highest BCUT2D eigenvalue weighted by molar-refractivity contribution is 7.10. The molecule has 1 unspecified atom stereocenters. The van der Waals surface area contributed by atoms with Crippen molar-refractivity contribution in [3.8, 4) is 6.07 Å². The van der Waals surface area contributed by atoms with E-state index >= 15 is 0 Å². The summed E-state index contributed by atoms with van der Waals surface area (Å²) in [6.07, 6.45) is 0.293. The lowest BCUT2D eigenvalue weighted by atomic mass is 9.89. The van der Waals surface area contributed by atoms with E-state index in [1.165, 1.54) is 22.3 Å². The van der Waals surface area contributed by atoms with Gasteiger partial charge in [0.2, 0.25) is 0 Å². The second-order valence-corrected chi connectivity index (χ2v) is 7.12. The van der Waals surface area contributed by atoms with Gasteiger partial charge in [0, 0.05) is 23.1 Å². The number of halogens is 1. The molecule has 25 heavy (non-hydrogen) atoms. The van der Waals surface area contributed by atoms with E-state index in [2.05, 4.69) is 0 Å². The summed E-state index contributed by atoms with van der Waals surface area (Å²) < 4.78 is 0. The van der Waals surface area contributed by atoms with Gasteiger partial charge in [-0.25, -0.2) is 0 Å². The number of carboxylic acids is 1. The van der Waals surface area contributed by atoms with Crippen LogP contribution >= 0.6 is 22.9 Å². The monoisotopic (exact) mass is 376 g/mol. The van der Waals surface area contributed by atoms with Crippen LogP contribution in [-0.2, 0) is 9.59 Å². The first-order valence-electron chi connectivity index (χ1n) is 7.52. The van der Waals surface area contributed by atoms with Crippen molar-refractivity contribution in [1.29, 1.82) is 5.26 Å². The molecular formula is C17H13ClN2O4S. The Balaban J connectivity index is 2.09. The number of nitriles is 1. The number of aliphatic carboxylic acids is 1. The van der Waals surface area contributed by atoms with Crippen LogP contribution in [0.15, 0.2) is 33.3 Å². The fourth-order valence-corrected chi connectivity index (χ4v) is 4.30. The molecule has 1 aliphatic heterocycles. The average Bonchev–Trinajstić information content (AvgIpc) is 3.14. The number of nitrogens with zero attached hydrogens (tertiary/aromatic N) is 2. The van der Waals surface area contributed by atoms with Crippen LogP contribution in [0.5, 0.6) is 0 Å². The van der Waals surface area contributed by atoms with Gasteiger partial charge in [0.15, 0.2) is 5.78 Å². The number of carbonyl (C=O) groups excluding carboxylic acids is 2. The quantitative estimate of drug-likeness (QED) is 0.874. The zero-order valence-corrected chi connectivity index (χ0v) is 14.8. The van der Waals surface area contributed by atoms with Crippen molar-refractivity contribution in [3.05, 3.63) is 43.8 Å². The van der Waals surface area contributed by atoms with Gasteiger partial charge in [-0.15, -0.1) is 11.3 Å². The first-order chi connectivity index (χ1) is 11.8. The Morgan fingerprint density at radius 3 is 2.84 bits per heavy atom. The van der Waals surface area contributed by atoms with Gasteiger partial charge in [-0.05, 0) is 25.0 Å². The lowest BCUT2D eigenvalue weighted by molar-refractivity contribution is -0.136. The molecule has 1 atom stereocenters. The molecule has 1 aliphatic carbocycles. The number of fused-ring (bicyclic) bond motifs is 1. The van der Waals surface area contributed by atoms with Crippen LogP contribution in [0, 0.1) is 11.3 Å². The molecule has 0 radical (unpaired) electrons. The maximum Gasteiger partial charge on any atom is 0.307 e. The van der Waals surface area contributed by atoms with Crippen LogP contribution in [0.25, 0.3) is 0 Å². The van der Waals surface area contributed by atoms with Crippen LogP contribution in [0.1, 0.15) is 41.4 Å². The van der Waals surface area contributed by atoms with Gasteiger partial charge < -0.3 is 10.0 Å². The summed E-state index contributed by atoms with van der Waals surface area (Å²) in [7, 11) is 0. The molecule has 8 heteroatoms. The molecule has 2 aliphatic rings. The second-order valence-electron chi connectivity index (χ2n) is 5.83. The molecule has 0 aromatic carbocycles. The zero-order valence-electron chi connectivity index (χ0n) is 13.2. The Morgan fingerprint density at radius 2 is 2.24 bits per heavy atom. The molecule has 0 spiro atoms. The minimum atomic E-state index is -1.06. The molecule has 1 aromatic rings. The fraction of sp³-hybridized carbons (Fsp3) is 0.294. The van der Waals surface area contributed by atoms with E-state index < -0.39 is 12.0 Å². The van der Waals surface area contributed by atoms with Crippen molar-refractivity contribution in [2.24, 2.45) is 0 Å². The van der Waals surface area contributed by atoms with E-state index in [9.17, 15) is 19.5 Å². The number of thiophene rings is 1. The molecular weight excluding hydrogens is 364 g/mol. The number of amides is 1. The Bertz CT molecular complexity index is 906. The average molecular weight is 377 g/mol. The Morgan fingerprint density at radius 1 is 1.52 bits per heavy atom. The van der Waals surface area contributed by atoms with Gasteiger partial charge in [0.25, 0.3) is 5.91 Å². The van der Waals surface area contributed by atoms with Crippen molar-refractivity contribution in [2.75, 3.05) is 0 Å². The molecule has 0 saturated carbocycles. The number of rotatable bonds is 3. The number of allylic oxidation sites excluding steroid dienone is 2. The molecule has 2 heterocycles. The van der Waals surface area contributed by atoms with Gasteiger partial charge in [0.05, 0.1) is 23.1 Å².